The molecule has 700 valence electrons. The van der Waals surface area contributed by atoms with Gasteiger partial charge < -0.3 is 105 Å². The summed E-state index contributed by atoms with van der Waals surface area (Å²) in [5.41, 5.74) is 17.6. The summed E-state index contributed by atoms with van der Waals surface area (Å²) in [5, 5.41) is 77.3. The van der Waals surface area contributed by atoms with Crippen LogP contribution in [0.4, 0.5) is 0 Å². The number of hydrogen-bond donors (Lipinski definition) is 17. The van der Waals surface area contributed by atoms with E-state index in [0.717, 1.165) is 89.9 Å². The van der Waals surface area contributed by atoms with Crippen LogP contribution in [0.3, 0.4) is 0 Å². The highest BCUT2D eigenvalue weighted by molar-refractivity contribution is 5.95. The normalized spacial score (nSPS) is 13.0. The molecule has 0 spiro atoms. The fourth-order valence-electron chi connectivity index (χ4n) is 13.2. The first-order valence-corrected chi connectivity index (χ1v) is 43.4. The minimum absolute atomic E-state index is 0. The minimum Gasteiger partial charge on any atom is -0.494 e. The van der Waals surface area contributed by atoms with Crippen LogP contribution in [0, 0.1) is 11.8 Å². The van der Waals surface area contributed by atoms with E-state index < -0.39 is 150 Å². The number of amides is 8. The van der Waals surface area contributed by atoms with E-state index in [0.29, 0.717) is 95.3 Å². The molecule has 37 heteroatoms. The van der Waals surface area contributed by atoms with Crippen LogP contribution in [-0.2, 0) is 71.9 Å². The van der Waals surface area contributed by atoms with E-state index in [2.05, 4.69) is 42.5 Å². The molecule has 0 bridgehead atoms. The standard InChI is InChI=1S/C87H137N11O25.H2O.H2/c1-58(99)61(28-18-22-52-93-79(108)65(88)30-20-24-50-91-73(102)46-42-67(83(114)115)97-77(106)48-44-69(85(118)119)95-75(104)32-16-12-8-4-6-10-14-26-54-122-63-38-34-59(35-39-63)81(110)111)56-71(100)62(57-72(101)87(2,3)90)29-19-23-53-94-80(109)66(89)31-21-25-51-92-74(103)47-43-68(84(116)117)98-78(107)49-45-70(86(120)121)96-76(105)33-17-13-9-5-7-11-15-27-55-123-64-40-36-60(37-41-64)82(112)113;;/h34-41,61-62,65-70H,4-33,42-57,88-90H2,1-3H3,(H,91,102)(H,92,103)(H,93,108)(H,94,109)(H,95,104)(H,96,105)(H,97,106)(H,98,107)(H,110,111)(H,112,113)(H,114,115)(H,116,117)(H,118,119)(H,120,121);1H2;1H/t61-,62-,65+,66+,67+,68+,69+,70+;;/m1../s1. The van der Waals surface area contributed by atoms with E-state index in [-0.39, 0.29) is 145 Å². The van der Waals surface area contributed by atoms with Crippen molar-refractivity contribution in [2.24, 2.45) is 29.0 Å². The van der Waals surface area contributed by atoms with Gasteiger partial charge in [0, 0.05) is 90.8 Å². The van der Waals surface area contributed by atoms with Crippen molar-refractivity contribution in [3.05, 3.63) is 59.7 Å². The summed E-state index contributed by atoms with van der Waals surface area (Å²) >= 11 is 0. The molecule has 0 aromatic heterocycles. The fourth-order valence-corrected chi connectivity index (χ4v) is 13.2. The van der Waals surface area contributed by atoms with Crippen LogP contribution in [0.2, 0.25) is 0 Å². The van der Waals surface area contributed by atoms with Crippen LogP contribution >= 0.6 is 0 Å². The van der Waals surface area contributed by atoms with Gasteiger partial charge in [0.05, 0.1) is 42.0 Å². The number of nitrogens with one attached hydrogen (secondary N) is 8. The zero-order chi connectivity index (χ0) is 91.5. The second kappa shape index (κ2) is 65.1. The molecule has 8 amide bonds. The van der Waals surface area contributed by atoms with Crippen molar-refractivity contribution in [3.8, 4) is 11.5 Å². The number of aliphatic carboxylic acids is 4. The van der Waals surface area contributed by atoms with E-state index in [1.165, 1.54) is 45.0 Å². The van der Waals surface area contributed by atoms with Crippen LogP contribution in [0.5, 0.6) is 11.5 Å². The fraction of sp³-hybridized carbons (Fsp3) is 0.667. The van der Waals surface area contributed by atoms with Gasteiger partial charge in [-0.15, -0.1) is 0 Å². The van der Waals surface area contributed by atoms with Gasteiger partial charge in [-0.1, -0.05) is 89.9 Å². The van der Waals surface area contributed by atoms with Crippen molar-refractivity contribution in [3.63, 3.8) is 0 Å². The Morgan fingerprint density at radius 2 is 0.629 bits per heavy atom. The molecule has 2 aromatic carbocycles. The molecule has 124 heavy (non-hydrogen) atoms. The second-order valence-corrected chi connectivity index (χ2v) is 32.0. The quantitative estimate of drug-likeness (QED) is 0.0308. The van der Waals surface area contributed by atoms with Gasteiger partial charge in [-0.2, -0.15) is 0 Å². The van der Waals surface area contributed by atoms with Crippen LogP contribution in [0.25, 0.3) is 0 Å². The van der Waals surface area contributed by atoms with E-state index in [1.807, 2.05) is 0 Å². The monoisotopic (exact) mass is 1760 g/mol. The Balaban J connectivity index is 0.0000769. The molecule has 0 fully saturated rings. The van der Waals surface area contributed by atoms with Crippen LogP contribution in [0.15, 0.2) is 48.5 Å². The second-order valence-electron chi connectivity index (χ2n) is 32.0. The predicted molar refractivity (Wildman–Crippen MR) is 460 cm³/mol. The van der Waals surface area contributed by atoms with Crippen molar-refractivity contribution in [2.45, 2.75) is 319 Å². The Morgan fingerprint density at radius 3 is 0.935 bits per heavy atom. The van der Waals surface area contributed by atoms with Crippen molar-refractivity contribution >= 4 is 100 Å². The Bertz CT molecular complexity index is 3640. The number of Topliss-reactive ketones (excluding diaryl/α,β-unsaturated/α-hetero) is 3. The predicted octanol–water partition coefficient (Wildman–Crippen LogP) is 6.66. The smallest absolute Gasteiger partial charge is 0.335 e. The Morgan fingerprint density at radius 1 is 0.347 bits per heavy atom. The highest BCUT2D eigenvalue weighted by Gasteiger charge is 2.32. The first kappa shape index (κ1) is 111. The Labute approximate surface area is 727 Å². The van der Waals surface area contributed by atoms with Gasteiger partial charge in [0.15, 0.2) is 5.78 Å². The molecule has 0 radical (unpaired) electrons. The summed E-state index contributed by atoms with van der Waals surface area (Å²) < 4.78 is 11.3. The maximum atomic E-state index is 13.8. The zero-order valence-electron chi connectivity index (χ0n) is 72.4. The lowest BCUT2D eigenvalue weighted by molar-refractivity contribution is -0.143. The van der Waals surface area contributed by atoms with E-state index >= 15 is 0 Å². The van der Waals surface area contributed by atoms with Gasteiger partial charge in [0.2, 0.25) is 47.3 Å². The maximum absolute atomic E-state index is 13.8. The van der Waals surface area contributed by atoms with Gasteiger partial charge >= 0.3 is 35.8 Å². The summed E-state index contributed by atoms with van der Waals surface area (Å²) in [6.07, 6.45) is 16.1. The number of carboxylic acid groups (broad SMARTS) is 6. The van der Waals surface area contributed by atoms with Crippen molar-refractivity contribution in [2.75, 3.05) is 39.4 Å². The SMILES string of the molecule is CC(=O)[C@H](CCCCNC(=O)[C@@H](N)CCCCNC(=O)CC[C@H](NC(=O)CC[C@H](NC(=O)CCCCCCCCCCOc1ccc(C(=O)O)cc1)C(=O)O)C(=O)O)CC(=O)[C@H](CCCCNC(=O)[C@@H](N)CCCCNC(=O)CC[C@H](NC(=O)CC[C@H](NC(=O)CCCCCCCCCCOc1ccc(C(=O)O)cc1)C(=O)O)C(=O)O)CC(=O)C(C)(C)N.O.[HH]. The highest BCUT2D eigenvalue weighted by Crippen LogP contribution is 2.25. The molecule has 0 heterocycles. The van der Waals surface area contributed by atoms with E-state index in [1.54, 1.807) is 24.3 Å². The van der Waals surface area contributed by atoms with Gasteiger partial charge in [-0.25, -0.2) is 28.8 Å². The average Bonchev–Trinajstić information content (AvgIpc) is 0.855. The van der Waals surface area contributed by atoms with E-state index in [4.69, 9.17) is 36.9 Å². The van der Waals surface area contributed by atoms with Gasteiger partial charge in [0.25, 0.3) is 0 Å². The molecule has 0 saturated heterocycles. The number of rotatable bonds is 75. The molecule has 37 nitrogen and oxygen atoms in total. The topological polar surface area (TPSA) is 636 Å². The lowest BCUT2D eigenvalue weighted by atomic mass is 9.82. The van der Waals surface area contributed by atoms with Crippen LogP contribution < -0.4 is 69.2 Å². The van der Waals surface area contributed by atoms with Gasteiger partial charge in [-0.05, 0) is 185 Å². The molecule has 8 atom stereocenters. The zero-order valence-corrected chi connectivity index (χ0v) is 72.4. The third-order valence-corrected chi connectivity index (χ3v) is 20.9. The average molecular weight is 1760 g/mol. The van der Waals surface area contributed by atoms with Crippen LogP contribution in [-0.4, -0.2) is 218 Å². The van der Waals surface area contributed by atoms with Crippen LogP contribution in [0.1, 0.15) is 300 Å². The molecule has 0 unspecified atom stereocenters. The number of carbonyl (C=O) groups is 17. The molecule has 22 N–H and O–H groups in total. The molecular weight excluding hydrogens is 1620 g/mol. The summed E-state index contributed by atoms with van der Waals surface area (Å²) in [6, 6.07) is 5.02. The molecule has 2 rings (SSSR count). The Hall–Kier alpha value is -10.5. The number of unbranched alkanes of at least 4 members (excludes halogenated alkanes) is 18. The third-order valence-electron chi connectivity index (χ3n) is 20.9. The Kier molecular flexibility index (Phi) is 58.6. The lowest BCUT2D eigenvalue weighted by Gasteiger charge is -2.23. The van der Waals surface area contributed by atoms with Crippen molar-refractivity contribution in [1.82, 2.24) is 42.5 Å². The number of ketones is 3. The summed E-state index contributed by atoms with van der Waals surface area (Å²) in [5.74, 6) is -12.9. The number of benzene rings is 2. The maximum Gasteiger partial charge on any atom is 0.335 e. The largest absolute Gasteiger partial charge is 0.494 e. The minimum atomic E-state index is -1.45. The number of carboxylic acids is 6. The first-order chi connectivity index (χ1) is 58.5. The van der Waals surface area contributed by atoms with Gasteiger partial charge in [0.1, 0.15) is 47.2 Å². The highest BCUT2D eigenvalue weighted by atomic mass is 16.5. The molecule has 0 saturated carbocycles. The summed E-state index contributed by atoms with van der Waals surface area (Å²) in [6.45, 7) is 6.32. The number of ether oxygens (including phenoxy) is 2. The third kappa shape index (κ3) is 53.5. The van der Waals surface area contributed by atoms with Crippen molar-refractivity contribution < 1.29 is 129 Å². The summed E-state index contributed by atoms with van der Waals surface area (Å²) in [7, 11) is 0. The molecule has 0 aliphatic carbocycles. The first-order valence-electron chi connectivity index (χ1n) is 43.4. The van der Waals surface area contributed by atoms with Crippen molar-refractivity contribution in [1.29, 1.82) is 0 Å². The molecular formula is C87H141N11O26. The number of nitrogens with two attached hydrogens (primary N) is 3. The van der Waals surface area contributed by atoms with E-state index in [9.17, 15) is 102 Å². The molecule has 0 aliphatic heterocycles. The number of hydrogen-bond acceptors (Lipinski definition) is 22. The molecule has 0 aliphatic rings. The number of aromatic carboxylic acids is 2. The molecule has 2 aromatic rings. The van der Waals surface area contributed by atoms with Gasteiger partial charge in [-0.3, -0.25) is 52.7 Å². The number of carbonyl (C=O) groups excluding carboxylic acids is 11. The summed E-state index contributed by atoms with van der Waals surface area (Å²) in [4.78, 5) is 211. The lowest BCUT2D eigenvalue weighted by Crippen LogP contribution is -2.44.